The van der Waals surface area contributed by atoms with Gasteiger partial charge in [0.15, 0.2) is 0 Å². The summed E-state index contributed by atoms with van der Waals surface area (Å²) in [5, 5.41) is 2.02. The molecule has 1 saturated heterocycles. The molecule has 2 aromatic heterocycles. The molecule has 5 heterocycles. The molecule has 1 fully saturated rings. The summed E-state index contributed by atoms with van der Waals surface area (Å²) in [6, 6.07) is 2.89. The Hall–Kier alpha value is -2.00. The third-order valence-corrected chi connectivity index (χ3v) is 7.79. The Bertz CT molecular complexity index is 916. The molecule has 3 aliphatic heterocycles. The molecule has 2 atom stereocenters. The molecule has 0 aromatic carbocycles. The van der Waals surface area contributed by atoms with Gasteiger partial charge in [0.25, 0.3) is 0 Å². The van der Waals surface area contributed by atoms with Crippen LogP contribution in [0.2, 0.25) is 0 Å². The molecule has 7 nitrogen and oxygen atoms in total. The van der Waals surface area contributed by atoms with Crippen LogP contribution in [0.15, 0.2) is 36.6 Å². The summed E-state index contributed by atoms with van der Waals surface area (Å²) in [5.41, 5.74) is 10.0. The summed E-state index contributed by atoms with van der Waals surface area (Å²) in [6.45, 7) is 8.07. The number of ether oxygens (including phenoxy) is 1. The van der Waals surface area contributed by atoms with E-state index in [1.807, 2.05) is 16.3 Å². The molecule has 0 radical (unpaired) electrons. The molecule has 5 rings (SSSR count). The number of fused-ring (bicyclic) bond motifs is 2. The topological polar surface area (TPSA) is 65.5 Å². The molecule has 8 heteroatoms. The molecule has 0 saturated carbocycles. The van der Waals surface area contributed by atoms with E-state index in [1.165, 1.54) is 16.1 Å². The number of nitrogens with zero attached hydrogens (tertiary/aromatic N) is 4. The maximum absolute atomic E-state index is 6.48. The molecule has 0 aliphatic carbocycles. The van der Waals surface area contributed by atoms with E-state index in [2.05, 4.69) is 51.9 Å². The highest BCUT2D eigenvalue weighted by molar-refractivity contribution is 7.12. The number of aromatic nitrogens is 2. The first-order chi connectivity index (χ1) is 14.6. The molecular formula is C22H30N6OS. The second-order valence-corrected chi connectivity index (χ2v) is 9.71. The molecule has 3 aliphatic rings. The lowest BCUT2D eigenvalue weighted by Crippen LogP contribution is -2.51. The Kier molecular flexibility index (Phi) is 5.49. The minimum atomic E-state index is -0.0822. The summed E-state index contributed by atoms with van der Waals surface area (Å²) in [6.07, 6.45) is 11.7. The third-order valence-electron chi connectivity index (χ3n) is 6.45. The van der Waals surface area contributed by atoms with Crippen LogP contribution in [0.1, 0.15) is 47.7 Å². The summed E-state index contributed by atoms with van der Waals surface area (Å²) >= 11 is 2.00. The van der Waals surface area contributed by atoms with Gasteiger partial charge >= 0.3 is 0 Å². The van der Waals surface area contributed by atoms with Crippen molar-refractivity contribution in [1.29, 1.82) is 0 Å². The van der Waals surface area contributed by atoms with Crippen LogP contribution in [-0.4, -0.2) is 45.6 Å². The summed E-state index contributed by atoms with van der Waals surface area (Å²) < 4.78 is 6.48. The highest BCUT2D eigenvalue weighted by Gasteiger charge is 2.44. The third kappa shape index (κ3) is 3.85. The largest absolute Gasteiger partial charge is 0.370 e. The quantitative estimate of drug-likeness (QED) is 0.762. The lowest BCUT2D eigenvalue weighted by Gasteiger charge is -2.47. The van der Waals surface area contributed by atoms with Gasteiger partial charge in [-0.2, -0.15) is 0 Å². The average molecular weight is 427 g/mol. The van der Waals surface area contributed by atoms with Gasteiger partial charge < -0.3 is 10.2 Å². The molecule has 160 valence electrons. The zero-order chi connectivity index (χ0) is 20.6. The van der Waals surface area contributed by atoms with Crippen LogP contribution in [0.4, 0.5) is 0 Å². The fourth-order valence-corrected chi connectivity index (χ4v) is 6.05. The fraction of sp³-hybridized carbons (Fsp3) is 0.545. The number of thiophene rings is 1. The zero-order valence-corrected chi connectivity index (χ0v) is 18.5. The van der Waals surface area contributed by atoms with Gasteiger partial charge in [0, 0.05) is 53.9 Å². The maximum atomic E-state index is 6.48. The first kappa shape index (κ1) is 19.9. The average Bonchev–Trinajstić information content (AvgIpc) is 3.38. The van der Waals surface area contributed by atoms with Gasteiger partial charge in [0.1, 0.15) is 0 Å². The number of hydrogen-bond donors (Lipinski definition) is 2. The van der Waals surface area contributed by atoms with E-state index < -0.39 is 0 Å². The Morgan fingerprint density at radius 3 is 3.07 bits per heavy atom. The van der Waals surface area contributed by atoms with Crippen molar-refractivity contribution in [1.82, 2.24) is 30.8 Å². The van der Waals surface area contributed by atoms with Crippen molar-refractivity contribution in [2.45, 2.75) is 57.7 Å². The summed E-state index contributed by atoms with van der Waals surface area (Å²) in [5.74, 6) is 0. The van der Waals surface area contributed by atoms with E-state index in [9.17, 15) is 0 Å². The van der Waals surface area contributed by atoms with Crippen LogP contribution in [0, 0.1) is 0 Å². The van der Waals surface area contributed by atoms with Gasteiger partial charge in [-0.25, -0.2) is 0 Å². The van der Waals surface area contributed by atoms with Crippen molar-refractivity contribution in [2.75, 3.05) is 19.7 Å². The van der Waals surface area contributed by atoms with Gasteiger partial charge in [-0.05, 0) is 37.8 Å². The zero-order valence-electron chi connectivity index (χ0n) is 17.7. The monoisotopic (exact) mass is 426 g/mol. The van der Waals surface area contributed by atoms with E-state index in [4.69, 9.17) is 4.74 Å². The molecule has 2 N–H and O–H groups in total. The van der Waals surface area contributed by atoms with Crippen LogP contribution >= 0.6 is 11.3 Å². The molecule has 0 amide bonds. The summed E-state index contributed by atoms with van der Waals surface area (Å²) in [7, 11) is 0. The minimum Gasteiger partial charge on any atom is -0.370 e. The molecule has 2 aromatic rings. The van der Waals surface area contributed by atoms with E-state index in [0.717, 1.165) is 51.1 Å². The second-order valence-electron chi connectivity index (χ2n) is 8.49. The SMILES string of the molecule is CCc1cc2c(s1)CCO[C@@]21CCN(CC2=CN(Cc3cnccn3)NN2)[C@@H](C)C1. The van der Waals surface area contributed by atoms with Crippen molar-refractivity contribution in [2.24, 2.45) is 0 Å². The van der Waals surface area contributed by atoms with Crippen LogP contribution in [0.5, 0.6) is 0 Å². The van der Waals surface area contributed by atoms with E-state index >= 15 is 0 Å². The van der Waals surface area contributed by atoms with Crippen molar-refractivity contribution >= 4 is 11.3 Å². The Morgan fingerprint density at radius 2 is 2.27 bits per heavy atom. The number of rotatable bonds is 5. The van der Waals surface area contributed by atoms with Gasteiger partial charge in [0.2, 0.25) is 0 Å². The van der Waals surface area contributed by atoms with E-state index in [0.29, 0.717) is 12.6 Å². The Labute approximate surface area is 182 Å². The molecule has 0 bridgehead atoms. The molecule has 0 unspecified atom stereocenters. The number of hydrazine groups is 2. The van der Waals surface area contributed by atoms with Crippen LogP contribution in [0.25, 0.3) is 0 Å². The molecule has 1 spiro atoms. The first-order valence-electron chi connectivity index (χ1n) is 10.9. The maximum Gasteiger partial charge on any atom is 0.0969 e. The van der Waals surface area contributed by atoms with Crippen molar-refractivity contribution in [3.05, 3.63) is 57.6 Å². The van der Waals surface area contributed by atoms with E-state index in [1.54, 1.807) is 23.5 Å². The number of piperidine rings is 1. The highest BCUT2D eigenvalue weighted by atomic mass is 32.1. The summed E-state index contributed by atoms with van der Waals surface area (Å²) in [4.78, 5) is 14.1. The predicted octanol–water partition coefficient (Wildman–Crippen LogP) is 2.72. The second kappa shape index (κ2) is 8.26. The number of nitrogens with one attached hydrogen (secondary N) is 2. The number of hydrogen-bond acceptors (Lipinski definition) is 8. The van der Waals surface area contributed by atoms with Gasteiger partial charge in [-0.15, -0.1) is 16.9 Å². The van der Waals surface area contributed by atoms with Crippen LogP contribution in [-0.2, 0) is 29.7 Å². The number of likely N-dealkylation sites (tertiary alicyclic amines) is 1. The van der Waals surface area contributed by atoms with Crippen LogP contribution in [0.3, 0.4) is 0 Å². The van der Waals surface area contributed by atoms with Crippen LogP contribution < -0.4 is 11.0 Å². The van der Waals surface area contributed by atoms with Gasteiger partial charge in [0.05, 0.1) is 36.3 Å². The smallest absolute Gasteiger partial charge is 0.0969 e. The van der Waals surface area contributed by atoms with Gasteiger partial charge in [-0.1, -0.05) is 6.92 Å². The molecular weight excluding hydrogens is 396 g/mol. The Morgan fingerprint density at radius 1 is 1.33 bits per heavy atom. The van der Waals surface area contributed by atoms with Gasteiger partial charge in [-0.3, -0.25) is 19.9 Å². The highest BCUT2D eigenvalue weighted by Crippen LogP contribution is 2.46. The van der Waals surface area contributed by atoms with Crippen molar-refractivity contribution in [3.8, 4) is 0 Å². The fourth-order valence-electron chi connectivity index (χ4n) is 4.88. The van der Waals surface area contributed by atoms with E-state index in [-0.39, 0.29) is 5.60 Å². The Balaban J connectivity index is 1.23. The van der Waals surface area contributed by atoms with Crippen molar-refractivity contribution in [3.63, 3.8) is 0 Å². The number of aryl methyl sites for hydroxylation is 1. The first-order valence-corrected chi connectivity index (χ1v) is 11.7. The standard InChI is InChI=1S/C22H30N6OS/c1-3-19-10-20-21(30-19)4-9-29-22(20)5-8-27(16(2)11-22)13-18-15-28(26-25-18)14-17-12-23-6-7-24-17/h6-7,10,12,15-16,25-26H,3-5,8-9,11,13-14H2,1-2H3/t16-,22+/m0/s1. The minimum absolute atomic E-state index is 0.0822. The lowest BCUT2D eigenvalue weighted by atomic mass is 9.79. The normalized spacial score (nSPS) is 26.5. The predicted molar refractivity (Wildman–Crippen MR) is 117 cm³/mol. The lowest BCUT2D eigenvalue weighted by molar-refractivity contribution is -0.109. The van der Waals surface area contributed by atoms with Crippen molar-refractivity contribution < 1.29 is 4.74 Å². The molecule has 30 heavy (non-hydrogen) atoms.